The van der Waals surface area contributed by atoms with Crippen molar-refractivity contribution in [3.63, 3.8) is 0 Å². The predicted octanol–water partition coefficient (Wildman–Crippen LogP) is 3.44. The van der Waals surface area contributed by atoms with E-state index in [2.05, 4.69) is 10.0 Å². The summed E-state index contributed by atoms with van der Waals surface area (Å²) in [6, 6.07) is 18.3. The molecule has 2 N–H and O–H groups in total. The van der Waals surface area contributed by atoms with Gasteiger partial charge < -0.3 is 19.5 Å². The highest BCUT2D eigenvalue weighted by atomic mass is 32.2. The zero-order valence-electron chi connectivity index (χ0n) is 17.9. The molecule has 0 fully saturated rings. The molecule has 0 aliphatic rings. The number of anilines is 1. The first-order chi connectivity index (χ1) is 15.4. The van der Waals surface area contributed by atoms with Gasteiger partial charge in [0.15, 0.2) is 0 Å². The van der Waals surface area contributed by atoms with Gasteiger partial charge in [0, 0.05) is 18.2 Å². The Morgan fingerprint density at radius 2 is 1.56 bits per heavy atom. The van der Waals surface area contributed by atoms with Gasteiger partial charge in [-0.25, -0.2) is 13.1 Å². The Bertz CT molecular complexity index is 1200. The standard InChI is InChI=1S/C23H24N2O6S/c1-29-18-10-11-19(21(14-18)31-3)25-23(26)17-9-12-20(30-2)22(13-17)32(27,28)24-15-16-7-5-4-6-8-16/h4-14,24H,15H2,1-3H3,(H,25,26). The topological polar surface area (TPSA) is 103 Å². The summed E-state index contributed by atoms with van der Waals surface area (Å²) in [6.07, 6.45) is 0. The molecule has 3 rings (SSSR count). The van der Waals surface area contributed by atoms with Crippen LogP contribution in [0, 0.1) is 0 Å². The lowest BCUT2D eigenvalue weighted by molar-refractivity contribution is 0.102. The molecule has 0 saturated heterocycles. The number of carbonyl (C=O) groups is 1. The van der Waals surface area contributed by atoms with Crippen LogP contribution in [0.2, 0.25) is 0 Å². The van der Waals surface area contributed by atoms with Crippen molar-refractivity contribution in [2.45, 2.75) is 11.4 Å². The summed E-state index contributed by atoms with van der Waals surface area (Å²) in [6.45, 7) is 0.103. The molecular weight excluding hydrogens is 432 g/mol. The fraction of sp³-hybridized carbons (Fsp3) is 0.174. The summed E-state index contributed by atoms with van der Waals surface area (Å²) in [5, 5.41) is 2.73. The molecule has 0 bridgehead atoms. The predicted molar refractivity (Wildman–Crippen MR) is 121 cm³/mol. The van der Waals surface area contributed by atoms with Crippen LogP contribution in [0.3, 0.4) is 0 Å². The van der Waals surface area contributed by atoms with Gasteiger partial charge in [-0.3, -0.25) is 4.79 Å². The second-order valence-electron chi connectivity index (χ2n) is 6.70. The molecule has 168 valence electrons. The smallest absolute Gasteiger partial charge is 0.255 e. The minimum atomic E-state index is -3.95. The number of hydrogen-bond acceptors (Lipinski definition) is 6. The third-order valence-corrected chi connectivity index (χ3v) is 6.10. The molecule has 3 aromatic rings. The van der Waals surface area contributed by atoms with E-state index in [-0.39, 0.29) is 22.8 Å². The lowest BCUT2D eigenvalue weighted by atomic mass is 10.2. The quantitative estimate of drug-likeness (QED) is 0.511. The molecule has 1 amide bonds. The van der Waals surface area contributed by atoms with Crippen LogP contribution in [0.5, 0.6) is 17.2 Å². The number of ether oxygens (including phenoxy) is 3. The first-order valence-electron chi connectivity index (χ1n) is 9.63. The van der Waals surface area contributed by atoms with Crippen LogP contribution in [-0.4, -0.2) is 35.7 Å². The van der Waals surface area contributed by atoms with Gasteiger partial charge >= 0.3 is 0 Å². The Morgan fingerprint density at radius 1 is 0.844 bits per heavy atom. The largest absolute Gasteiger partial charge is 0.497 e. The normalized spacial score (nSPS) is 11.0. The van der Waals surface area contributed by atoms with Crippen molar-refractivity contribution >= 4 is 21.6 Å². The zero-order chi connectivity index (χ0) is 23.1. The SMILES string of the molecule is COc1ccc(NC(=O)c2ccc(OC)c(S(=O)(=O)NCc3ccccc3)c2)c(OC)c1. The van der Waals surface area contributed by atoms with Crippen molar-refractivity contribution in [1.29, 1.82) is 0 Å². The third-order valence-electron chi connectivity index (χ3n) is 4.68. The van der Waals surface area contributed by atoms with E-state index in [1.807, 2.05) is 30.3 Å². The van der Waals surface area contributed by atoms with E-state index in [0.717, 1.165) is 5.56 Å². The van der Waals surface area contributed by atoms with Gasteiger partial charge in [-0.05, 0) is 35.9 Å². The molecule has 32 heavy (non-hydrogen) atoms. The average Bonchev–Trinajstić information content (AvgIpc) is 2.83. The molecule has 0 aromatic heterocycles. The van der Waals surface area contributed by atoms with Crippen LogP contribution in [-0.2, 0) is 16.6 Å². The summed E-state index contributed by atoms with van der Waals surface area (Å²) in [5.74, 6) is 0.602. The highest BCUT2D eigenvalue weighted by Gasteiger charge is 2.22. The second-order valence-corrected chi connectivity index (χ2v) is 8.43. The van der Waals surface area contributed by atoms with Crippen LogP contribution in [0.1, 0.15) is 15.9 Å². The molecular formula is C23H24N2O6S. The van der Waals surface area contributed by atoms with E-state index in [9.17, 15) is 13.2 Å². The molecule has 0 unspecified atom stereocenters. The molecule has 0 spiro atoms. The van der Waals surface area contributed by atoms with Gasteiger partial charge in [0.05, 0.1) is 27.0 Å². The Hall–Kier alpha value is -3.56. The Labute approximate surface area is 187 Å². The van der Waals surface area contributed by atoms with Crippen molar-refractivity contribution in [3.8, 4) is 17.2 Å². The summed E-state index contributed by atoms with van der Waals surface area (Å²) in [4.78, 5) is 12.7. The van der Waals surface area contributed by atoms with Crippen molar-refractivity contribution in [2.24, 2.45) is 0 Å². The summed E-state index contributed by atoms with van der Waals surface area (Å²) < 4.78 is 44.1. The lowest BCUT2D eigenvalue weighted by Crippen LogP contribution is -2.24. The molecule has 9 heteroatoms. The second kappa shape index (κ2) is 10.2. The molecule has 0 aliphatic carbocycles. The minimum absolute atomic E-state index is 0.103. The number of nitrogens with one attached hydrogen (secondary N) is 2. The number of methoxy groups -OCH3 is 3. The maximum Gasteiger partial charge on any atom is 0.255 e. The monoisotopic (exact) mass is 456 g/mol. The van der Waals surface area contributed by atoms with Crippen LogP contribution < -0.4 is 24.2 Å². The number of rotatable bonds is 9. The van der Waals surface area contributed by atoms with Gasteiger partial charge in [-0.15, -0.1) is 0 Å². The van der Waals surface area contributed by atoms with Crippen LogP contribution in [0.25, 0.3) is 0 Å². The molecule has 0 saturated carbocycles. The van der Waals surface area contributed by atoms with Crippen molar-refractivity contribution in [3.05, 3.63) is 77.9 Å². The van der Waals surface area contributed by atoms with E-state index in [1.54, 1.807) is 18.2 Å². The van der Waals surface area contributed by atoms with E-state index >= 15 is 0 Å². The summed E-state index contributed by atoms with van der Waals surface area (Å²) in [5.41, 5.74) is 1.36. The van der Waals surface area contributed by atoms with Gasteiger partial charge in [-0.2, -0.15) is 0 Å². The maximum absolute atomic E-state index is 12.9. The van der Waals surface area contributed by atoms with Gasteiger partial charge in [-0.1, -0.05) is 30.3 Å². The molecule has 8 nitrogen and oxygen atoms in total. The highest BCUT2D eigenvalue weighted by molar-refractivity contribution is 7.89. The Balaban J connectivity index is 1.86. The number of carbonyl (C=O) groups excluding carboxylic acids is 1. The zero-order valence-corrected chi connectivity index (χ0v) is 18.7. The third kappa shape index (κ3) is 5.37. The molecule has 0 radical (unpaired) electrons. The molecule has 3 aromatic carbocycles. The summed E-state index contributed by atoms with van der Waals surface area (Å²) >= 11 is 0. The van der Waals surface area contributed by atoms with Gasteiger partial charge in [0.25, 0.3) is 5.91 Å². The van der Waals surface area contributed by atoms with E-state index < -0.39 is 15.9 Å². The number of amides is 1. The Kier molecular flexibility index (Phi) is 7.34. The van der Waals surface area contributed by atoms with Crippen LogP contribution in [0.4, 0.5) is 5.69 Å². The summed E-state index contributed by atoms with van der Waals surface area (Å²) in [7, 11) is 0.419. The van der Waals surface area contributed by atoms with Crippen molar-refractivity contribution < 1.29 is 27.4 Å². The maximum atomic E-state index is 12.9. The van der Waals surface area contributed by atoms with Gasteiger partial charge in [0.1, 0.15) is 22.1 Å². The highest BCUT2D eigenvalue weighted by Crippen LogP contribution is 2.30. The van der Waals surface area contributed by atoms with Crippen molar-refractivity contribution in [2.75, 3.05) is 26.6 Å². The first kappa shape index (κ1) is 23.1. The van der Waals surface area contributed by atoms with Crippen molar-refractivity contribution in [1.82, 2.24) is 4.72 Å². The lowest BCUT2D eigenvalue weighted by Gasteiger charge is -2.14. The number of benzene rings is 3. The number of hydrogen-bond donors (Lipinski definition) is 2. The minimum Gasteiger partial charge on any atom is -0.497 e. The molecule has 0 atom stereocenters. The van der Waals surface area contributed by atoms with Crippen LogP contribution >= 0.6 is 0 Å². The fourth-order valence-corrected chi connectivity index (χ4v) is 4.19. The van der Waals surface area contributed by atoms with E-state index in [1.165, 1.54) is 39.5 Å². The Morgan fingerprint density at radius 3 is 2.22 bits per heavy atom. The van der Waals surface area contributed by atoms with Gasteiger partial charge in [0.2, 0.25) is 10.0 Å². The molecule has 0 heterocycles. The van der Waals surface area contributed by atoms with E-state index in [0.29, 0.717) is 17.2 Å². The first-order valence-corrected chi connectivity index (χ1v) is 11.1. The molecule has 0 aliphatic heterocycles. The average molecular weight is 457 g/mol. The number of sulfonamides is 1. The fourth-order valence-electron chi connectivity index (χ4n) is 2.98. The van der Waals surface area contributed by atoms with Crippen LogP contribution in [0.15, 0.2) is 71.6 Å². The van der Waals surface area contributed by atoms with E-state index in [4.69, 9.17) is 14.2 Å².